The number of benzene rings is 2. The van der Waals surface area contributed by atoms with Gasteiger partial charge in [-0.05, 0) is 56.5 Å². The molecule has 35 heavy (non-hydrogen) atoms. The minimum Gasteiger partial charge on any atom is -0.365 e. The Morgan fingerprint density at radius 1 is 0.943 bits per heavy atom. The number of piperazine rings is 1. The molecule has 0 aliphatic carbocycles. The zero-order valence-corrected chi connectivity index (χ0v) is 21.1. The van der Waals surface area contributed by atoms with Gasteiger partial charge in [0.15, 0.2) is 5.25 Å². The molecule has 2 fully saturated rings. The Morgan fingerprint density at radius 3 is 2.46 bits per heavy atom. The summed E-state index contributed by atoms with van der Waals surface area (Å²) in [6, 6.07) is 16.3. The molecule has 184 valence electrons. The van der Waals surface area contributed by atoms with Crippen molar-refractivity contribution < 1.29 is 14.4 Å². The van der Waals surface area contributed by atoms with Crippen LogP contribution in [-0.4, -0.2) is 71.5 Å². The van der Waals surface area contributed by atoms with E-state index in [0.717, 1.165) is 17.1 Å². The number of carbonyl (C=O) groups excluding carboxylic acids is 3. The third-order valence-corrected chi connectivity index (χ3v) is 8.54. The predicted molar refractivity (Wildman–Crippen MR) is 139 cm³/mol. The van der Waals surface area contributed by atoms with E-state index >= 15 is 0 Å². The average molecular weight is 493 g/mol. The first-order valence-electron chi connectivity index (χ1n) is 12.4. The number of anilines is 2. The SMILES string of the molecule is Cc1cccc(N2CCN(C(=O)C3CCN(C(=O)[C@H]4Sc5ccccc5NC4=O)CC3)C[C@@H]2C)c1. The maximum atomic E-state index is 13.3. The fourth-order valence-electron chi connectivity index (χ4n) is 5.33. The van der Waals surface area contributed by atoms with Crippen LogP contribution < -0.4 is 10.2 Å². The van der Waals surface area contributed by atoms with Crippen LogP contribution in [0.15, 0.2) is 53.4 Å². The van der Waals surface area contributed by atoms with Crippen molar-refractivity contribution in [2.24, 2.45) is 5.92 Å². The molecule has 2 saturated heterocycles. The van der Waals surface area contributed by atoms with Crippen molar-refractivity contribution in [2.45, 2.75) is 42.9 Å². The lowest BCUT2D eigenvalue weighted by atomic mass is 9.94. The van der Waals surface area contributed by atoms with Gasteiger partial charge >= 0.3 is 0 Å². The number of nitrogens with one attached hydrogen (secondary N) is 1. The van der Waals surface area contributed by atoms with Crippen LogP contribution in [0.5, 0.6) is 0 Å². The number of hydrogen-bond acceptors (Lipinski definition) is 5. The van der Waals surface area contributed by atoms with Gasteiger partial charge in [-0.3, -0.25) is 14.4 Å². The number of para-hydroxylation sites is 1. The number of aryl methyl sites for hydroxylation is 1. The molecule has 0 saturated carbocycles. The highest BCUT2D eigenvalue weighted by Gasteiger charge is 2.39. The summed E-state index contributed by atoms with van der Waals surface area (Å²) in [5.41, 5.74) is 3.21. The van der Waals surface area contributed by atoms with Gasteiger partial charge in [-0.2, -0.15) is 0 Å². The van der Waals surface area contributed by atoms with E-state index in [0.29, 0.717) is 39.0 Å². The maximum Gasteiger partial charge on any atom is 0.247 e. The standard InChI is InChI=1S/C27H32N4O3S/c1-18-6-5-7-21(16-18)31-15-14-30(17-19(31)2)26(33)20-10-12-29(13-11-20)27(34)24-25(32)28-22-8-3-4-9-23(22)35-24/h3-9,16,19-20,24H,10-15,17H2,1-2H3,(H,28,32)/t19-,24-/m0/s1. The van der Waals surface area contributed by atoms with Crippen LogP contribution in [0.4, 0.5) is 11.4 Å². The number of rotatable bonds is 3. The molecule has 0 spiro atoms. The van der Waals surface area contributed by atoms with Gasteiger partial charge in [-0.15, -0.1) is 11.8 Å². The highest BCUT2D eigenvalue weighted by Crippen LogP contribution is 2.36. The van der Waals surface area contributed by atoms with Crippen LogP contribution in [0.2, 0.25) is 0 Å². The van der Waals surface area contributed by atoms with Crippen molar-refractivity contribution in [1.82, 2.24) is 9.80 Å². The third-order valence-electron chi connectivity index (χ3n) is 7.28. The minimum absolute atomic E-state index is 0.0645. The molecule has 8 heteroatoms. The van der Waals surface area contributed by atoms with Crippen molar-refractivity contribution in [3.05, 3.63) is 54.1 Å². The van der Waals surface area contributed by atoms with Crippen molar-refractivity contribution in [3.63, 3.8) is 0 Å². The molecule has 2 aromatic carbocycles. The Bertz CT molecular complexity index is 1130. The van der Waals surface area contributed by atoms with Crippen LogP contribution >= 0.6 is 11.8 Å². The average Bonchev–Trinajstić information content (AvgIpc) is 2.87. The second-order valence-electron chi connectivity index (χ2n) is 9.75. The quantitative estimate of drug-likeness (QED) is 0.665. The zero-order chi connectivity index (χ0) is 24.5. The molecular weight excluding hydrogens is 460 g/mol. The first kappa shape index (κ1) is 23.7. The molecule has 0 bridgehead atoms. The highest BCUT2D eigenvalue weighted by atomic mass is 32.2. The normalized spacial score (nSPS) is 23.0. The van der Waals surface area contributed by atoms with Crippen LogP contribution in [0.1, 0.15) is 25.3 Å². The molecular formula is C27H32N4O3S. The fraction of sp³-hybridized carbons (Fsp3) is 0.444. The smallest absolute Gasteiger partial charge is 0.247 e. The first-order valence-corrected chi connectivity index (χ1v) is 13.3. The summed E-state index contributed by atoms with van der Waals surface area (Å²) in [5, 5.41) is 2.08. The molecule has 3 heterocycles. The van der Waals surface area contributed by atoms with Gasteiger partial charge in [0.25, 0.3) is 0 Å². The Kier molecular flexibility index (Phi) is 6.73. The number of piperidine rings is 1. The molecule has 3 aliphatic rings. The van der Waals surface area contributed by atoms with Crippen molar-refractivity contribution in [2.75, 3.05) is 42.9 Å². The molecule has 3 aliphatic heterocycles. The van der Waals surface area contributed by atoms with Crippen LogP contribution in [0, 0.1) is 12.8 Å². The monoisotopic (exact) mass is 492 g/mol. The molecule has 0 radical (unpaired) electrons. The lowest BCUT2D eigenvalue weighted by Gasteiger charge is -2.43. The second-order valence-corrected chi connectivity index (χ2v) is 10.9. The molecule has 2 aromatic rings. The highest BCUT2D eigenvalue weighted by molar-refractivity contribution is 8.01. The van der Waals surface area contributed by atoms with E-state index in [-0.39, 0.29) is 29.7 Å². The van der Waals surface area contributed by atoms with E-state index in [4.69, 9.17) is 0 Å². The van der Waals surface area contributed by atoms with Crippen LogP contribution in [-0.2, 0) is 14.4 Å². The molecule has 1 N–H and O–H groups in total. The van der Waals surface area contributed by atoms with E-state index in [1.807, 2.05) is 29.2 Å². The Balaban J connectivity index is 1.15. The largest absolute Gasteiger partial charge is 0.365 e. The van der Waals surface area contributed by atoms with Gasteiger partial charge in [0.05, 0.1) is 5.69 Å². The first-order chi connectivity index (χ1) is 16.9. The van der Waals surface area contributed by atoms with E-state index < -0.39 is 5.25 Å². The summed E-state index contributed by atoms with van der Waals surface area (Å²) in [7, 11) is 0. The minimum atomic E-state index is -0.771. The molecule has 2 atom stereocenters. The topological polar surface area (TPSA) is 73.0 Å². The van der Waals surface area contributed by atoms with Crippen LogP contribution in [0.3, 0.4) is 0 Å². The van der Waals surface area contributed by atoms with Crippen LogP contribution in [0.25, 0.3) is 0 Å². The van der Waals surface area contributed by atoms with Gasteiger partial charge in [0, 0.05) is 55.3 Å². The number of fused-ring (bicyclic) bond motifs is 1. The third kappa shape index (κ3) is 4.89. The lowest BCUT2D eigenvalue weighted by Crippen LogP contribution is -2.56. The van der Waals surface area contributed by atoms with Crippen molar-refractivity contribution >= 4 is 40.9 Å². The zero-order valence-electron chi connectivity index (χ0n) is 20.3. The molecule has 7 nitrogen and oxygen atoms in total. The summed E-state index contributed by atoms with van der Waals surface area (Å²) in [4.78, 5) is 46.0. The van der Waals surface area contributed by atoms with Crippen molar-refractivity contribution in [3.8, 4) is 0 Å². The molecule has 3 amide bonds. The summed E-state index contributed by atoms with van der Waals surface area (Å²) >= 11 is 1.31. The summed E-state index contributed by atoms with van der Waals surface area (Å²) in [6.45, 7) is 7.55. The van der Waals surface area contributed by atoms with Gasteiger partial charge in [-0.25, -0.2) is 0 Å². The molecule has 5 rings (SSSR count). The Labute approximate surface area is 210 Å². The van der Waals surface area contributed by atoms with E-state index in [2.05, 4.69) is 48.3 Å². The maximum absolute atomic E-state index is 13.3. The second kappa shape index (κ2) is 9.93. The van der Waals surface area contributed by atoms with E-state index in [1.54, 1.807) is 4.90 Å². The lowest BCUT2D eigenvalue weighted by molar-refractivity contribution is -0.142. The Hall–Kier alpha value is -3.00. The number of hydrogen-bond donors (Lipinski definition) is 1. The van der Waals surface area contributed by atoms with Gasteiger partial charge in [0.1, 0.15) is 0 Å². The van der Waals surface area contributed by atoms with Gasteiger partial charge in [-0.1, -0.05) is 24.3 Å². The molecule has 0 aromatic heterocycles. The Morgan fingerprint density at radius 2 is 1.71 bits per heavy atom. The summed E-state index contributed by atoms with van der Waals surface area (Å²) in [6.07, 6.45) is 1.29. The van der Waals surface area contributed by atoms with E-state index in [9.17, 15) is 14.4 Å². The van der Waals surface area contributed by atoms with E-state index in [1.165, 1.54) is 23.0 Å². The number of nitrogens with zero attached hydrogens (tertiary/aromatic N) is 3. The number of amides is 3. The summed E-state index contributed by atoms with van der Waals surface area (Å²) in [5.74, 6) is -0.289. The fourth-order valence-corrected chi connectivity index (χ4v) is 6.41. The van der Waals surface area contributed by atoms with Gasteiger partial charge < -0.3 is 20.0 Å². The summed E-state index contributed by atoms with van der Waals surface area (Å²) < 4.78 is 0. The number of carbonyl (C=O) groups is 3. The van der Waals surface area contributed by atoms with Crippen molar-refractivity contribution in [1.29, 1.82) is 0 Å². The predicted octanol–water partition coefficient (Wildman–Crippen LogP) is 3.38. The molecule has 0 unspecified atom stereocenters. The number of likely N-dealkylation sites (tertiary alicyclic amines) is 1. The number of thioether (sulfide) groups is 1. The van der Waals surface area contributed by atoms with Gasteiger partial charge in [0.2, 0.25) is 17.7 Å².